The van der Waals surface area contributed by atoms with Crippen molar-refractivity contribution in [2.75, 3.05) is 18.9 Å². The SMILES string of the molecule is CC(CN(C)C(=O)Nc1ccc(F)cc1OC(C)(C)C)C(=O)O. The third-order valence-electron chi connectivity index (χ3n) is 2.92. The molecular weight excluding hydrogens is 303 g/mol. The monoisotopic (exact) mass is 326 g/mol. The van der Waals surface area contributed by atoms with E-state index in [1.54, 1.807) is 0 Å². The number of nitrogens with zero attached hydrogens (tertiary/aromatic N) is 1. The molecule has 0 aliphatic heterocycles. The van der Waals surface area contributed by atoms with Gasteiger partial charge in [-0.25, -0.2) is 9.18 Å². The molecule has 2 N–H and O–H groups in total. The number of urea groups is 1. The lowest BCUT2D eigenvalue weighted by Crippen LogP contribution is -2.36. The van der Waals surface area contributed by atoms with Crippen molar-refractivity contribution in [2.24, 2.45) is 5.92 Å². The van der Waals surface area contributed by atoms with E-state index in [9.17, 15) is 14.0 Å². The Balaban J connectivity index is 2.87. The number of benzene rings is 1. The molecule has 0 aromatic heterocycles. The Bertz CT molecular complexity index is 584. The average molecular weight is 326 g/mol. The van der Waals surface area contributed by atoms with E-state index in [2.05, 4.69) is 5.32 Å². The topological polar surface area (TPSA) is 78.9 Å². The van der Waals surface area contributed by atoms with Crippen LogP contribution in [0.25, 0.3) is 0 Å². The minimum Gasteiger partial charge on any atom is -0.486 e. The first-order valence-corrected chi connectivity index (χ1v) is 7.23. The highest BCUT2D eigenvalue weighted by atomic mass is 19.1. The number of carboxylic acid groups (broad SMARTS) is 1. The molecule has 1 atom stereocenters. The van der Waals surface area contributed by atoms with Crippen molar-refractivity contribution < 1.29 is 23.8 Å². The van der Waals surface area contributed by atoms with E-state index in [4.69, 9.17) is 9.84 Å². The quantitative estimate of drug-likeness (QED) is 0.871. The summed E-state index contributed by atoms with van der Waals surface area (Å²) in [6.07, 6.45) is 0. The van der Waals surface area contributed by atoms with Gasteiger partial charge >= 0.3 is 12.0 Å². The van der Waals surface area contributed by atoms with Crippen molar-refractivity contribution in [2.45, 2.75) is 33.3 Å². The van der Waals surface area contributed by atoms with Gasteiger partial charge in [-0.3, -0.25) is 4.79 Å². The van der Waals surface area contributed by atoms with Crippen LogP contribution in [-0.4, -0.2) is 41.2 Å². The van der Waals surface area contributed by atoms with E-state index in [0.29, 0.717) is 5.69 Å². The van der Waals surface area contributed by atoms with Crippen molar-refractivity contribution in [3.05, 3.63) is 24.0 Å². The Morgan fingerprint density at radius 3 is 2.52 bits per heavy atom. The molecule has 0 spiro atoms. The zero-order valence-electron chi connectivity index (χ0n) is 14.0. The molecule has 0 saturated heterocycles. The Morgan fingerprint density at radius 1 is 1.39 bits per heavy atom. The van der Waals surface area contributed by atoms with Gasteiger partial charge in [-0.05, 0) is 32.9 Å². The van der Waals surface area contributed by atoms with Crippen molar-refractivity contribution in [3.63, 3.8) is 0 Å². The predicted octanol–water partition coefficient (Wildman–Crippen LogP) is 3.19. The van der Waals surface area contributed by atoms with Gasteiger partial charge in [0.15, 0.2) is 0 Å². The summed E-state index contributed by atoms with van der Waals surface area (Å²) >= 11 is 0. The molecule has 0 saturated carbocycles. The molecule has 0 fully saturated rings. The van der Waals surface area contributed by atoms with E-state index in [1.165, 1.54) is 37.1 Å². The van der Waals surface area contributed by atoms with E-state index >= 15 is 0 Å². The third kappa shape index (κ3) is 6.14. The molecule has 23 heavy (non-hydrogen) atoms. The lowest BCUT2D eigenvalue weighted by molar-refractivity contribution is -0.141. The van der Waals surface area contributed by atoms with Crippen molar-refractivity contribution in [1.29, 1.82) is 0 Å². The zero-order chi connectivity index (χ0) is 17.8. The normalized spacial score (nSPS) is 12.4. The molecule has 0 bridgehead atoms. The highest BCUT2D eigenvalue weighted by Gasteiger charge is 2.20. The van der Waals surface area contributed by atoms with Crippen LogP contribution in [0.1, 0.15) is 27.7 Å². The molecule has 128 valence electrons. The van der Waals surface area contributed by atoms with E-state index in [0.717, 1.165) is 0 Å². The van der Waals surface area contributed by atoms with Crippen LogP contribution < -0.4 is 10.1 Å². The molecule has 1 aromatic carbocycles. The van der Waals surface area contributed by atoms with Crippen LogP contribution >= 0.6 is 0 Å². The van der Waals surface area contributed by atoms with Gasteiger partial charge < -0.3 is 20.1 Å². The predicted molar refractivity (Wildman–Crippen MR) is 85.2 cm³/mol. The van der Waals surface area contributed by atoms with Crippen LogP contribution in [-0.2, 0) is 4.79 Å². The summed E-state index contributed by atoms with van der Waals surface area (Å²) in [4.78, 5) is 24.2. The summed E-state index contributed by atoms with van der Waals surface area (Å²) in [6.45, 7) is 6.99. The lowest BCUT2D eigenvalue weighted by Gasteiger charge is -2.25. The number of amides is 2. The maximum absolute atomic E-state index is 13.4. The standard InChI is InChI=1S/C16H23FN2O4/c1-10(14(20)21)9-19(5)15(22)18-12-7-6-11(17)8-13(12)23-16(2,3)4/h6-8,10H,9H2,1-5H3,(H,18,22)(H,20,21). The van der Waals surface area contributed by atoms with Crippen molar-refractivity contribution >= 4 is 17.7 Å². The van der Waals surface area contributed by atoms with Crippen LogP contribution in [0.15, 0.2) is 18.2 Å². The van der Waals surface area contributed by atoms with Gasteiger partial charge in [-0.15, -0.1) is 0 Å². The Kier molecular flexibility index (Phi) is 5.95. The fourth-order valence-corrected chi connectivity index (χ4v) is 1.80. The number of carbonyl (C=O) groups is 2. The summed E-state index contributed by atoms with van der Waals surface area (Å²) in [5.41, 5.74) is -0.238. The molecule has 1 rings (SSSR count). The molecule has 0 aliphatic rings. The van der Waals surface area contributed by atoms with Crippen molar-refractivity contribution in [3.8, 4) is 5.75 Å². The minimum atomic E-state index is -0.983. The fraction of sp³-hybridized carbons (Fsp3) is 0.500. The molecule has 0 aliphatic carbocycles. The van der Waals surface area contributed by atoms with Gasteiger partial charge in [0.2, 0.25) is 0 Å². The summed E-state index contributed by atoms with van der Waals surface area (Å²) < 4.78 is 19.1. The molecule has 0 heterocycles. The number of aliphatic carboxylic acids is 1. The highest BCUT2D eigenvalue weighted by Crippen LogP contribution is 2.29. The van der Waals surface area contributed by atoms with Gasteiger partial charge in [0.1, 0.15) is 17.2 Å². The largest absolute Gasteiger partial charge is 0.486 e. The van der Waals surface area contributed by atoms with Crippen LogP contribution in [0.4, 0.5) is 14.9 Å². The smallest absolute Gasteiger partial charge is 0.321 e. The van der Waals surface area contributed by atoms with Crippen molar-refractivity contribution in [1.82, 2.24) is 4.90 Å². The first-order chi connectivity index (χ1) is 10.5. The zero-order valence-corrected chi connectivity index (χ0v) is 14.0. The first-order valence-electron chi connectivity index (χ1n) is 7.23. The molecule has 0 radical (unpaired) electrons. The van der Waals surface area contributed by atoms with E-state index < -0.39 is 29.3 Å². The van der Waals surface area contributed by atoms with Crippen LogP contribution in [0, 0.1) is 11.7 Å². The number of carboxylic acids is 1. The fourth-order valence-electron chi connectivity index (χ4n) is 1.80. The molecule has 1 aromatic rings. The number of anilines is 1. The van der Waals surface area contributed by atoms with Gasteiger partial charge in [0.05, 0.1) is 11.6 Å². The lowest BCUT2D eigenvalue weighted by atomic mass is 10.2. The van der Waals surface area contributed by atoms with Gasteiger partial charge in [-0.2, -0.15) is 0 Å². The Labute approximate surface area is 135 Å². The molecule has 1 unspecified atom stereocenters. The summed E-state index contributed by atoms with van der Waals surface area (Å²) in [6, 6.07) is 3.32. The average Bonchev–Trinajstić information content (AvgIpc) is 2.39. The third-order valence-corrected chi connectivity index (χ3v) is 2.92. The number of rotatable bonds is 5. The second-order valence-corrected chi connectivity index (χ2v) is 6.40. The number of halogens is 1. The van der Waals surface area contributed by atoms with Gasteiger partial charge in [0, 0.05) is 19.7 Å². The van der Waals surface area contributed by atoms with Crippen LogP contribution in [0.5, 0.6) is 5.75 Å². The summed E-state index contributed by atoms with van der Waals surface area (Å²) in [7, 11) is 1.49. The van der Waals surface area contributed by atoms with Gasteiger partial charge in [-0.1, -0.05) is 6.92 Å². The van der Waals surface area contributed by atoms with Crippen LogP contribution in [0.3, 0.4) is 0 Å². The molecular formula is C16H23FN2O4. The van der Waals surface area contributed by atoms with Gasteiger partial charge in [0.25, 0.3) is 0 Å². The maximum atomic E-state index is 13.4. The number of hydrogen-bond donors (Lipinski definition) is 2. The maximum Gasteiger partial charge on any atom is 0.321 e. The minimum absolute atomic E-state index is 0.0534. The number of ether oxygens (including phenoxy) is 1. The molecule has 7 heteroatoms. The highest BCUT2D eigenvalue weighted by molar-refractivity contribution is 5.91. The Morgan fingerprint density at radius 2 is 2.00 bits per heavy atom. The van der Waals surface area contributed by atoms with Crippen LogP contribution in [0.2, 0.25) is 0 Å². The number of hydrogen-bond acceptors (Lipinski definition) is 3. The van der Waals surface area contributed by atoms with E-state index in [-0.39, 0.29) is 12.3 Å². The van der Waals surface area contributed by atoms with E-state index in [1.807, 2.05) is 20.8 Å². The Hall–Kier alpha value is -2.31. The number of carbonyl (C=O) groups excluding carboxylic acids is 1. The second kappa shape index (κ2) is 7.30. The number of nitrogens with one attached hydrogen (secondary N) is 1. The summed E-state index contributed by atoms with van der Waals surface area (Å²) in [5.74, 6) is -1.94. The first kappa shape index (κ1) is 18.7. The summed E-state index contributed by atoms with van der Waals surface area (Å²) in [5, 5.41) is 11.5. The second-order valence-electron chi connectivity index (χ2n) is 6.40. The molecule has 2 amide bonds. The molecule has 6 nitrogen and oxygen atoms in total.